The van der Waals surface area contributed by atoms with Crippen LogP contribution in [0.15, 0.2) is 213 Å². The molecule has 2 heterocycles. The van der Waals surface area contributed by atoms with Crippen molar-refractivity contribution in [2.45, 2.75) is 0 Å². The minimum atomic E-state index is 0.0368. The van der Waals surface area contributed by atoms with Gasteiger partial charge in [0.15, 0.2) is 10.9 Å². The third-order valence-corrected chi connectivity index (χ3v) is 11.1. The van der Waals surface area contributed by atoms with Gasteiger partial charge in [-0.05, 0) is 107 Å². The Morgan fingerprint density at radius 1 is 0.304 bits per heavy atom. The molecule has 0 bridgehead atoms. The van der Waals surface area contributed by atoms with E-state index in [9.17, 15) is 9.59 Å². The number of nitrogens with zero attached hydrogens (tertiary/aromatic N) is 2. The molecular formula is C50H32Br2N2O2. The van der Waals surface area contributed by atoms with Gasteiger partial charge in [0.2, 0.25) is 0 Å². The second-order valence-electron chi connectivity index (χ2n) is 13.5. The second kappa shape index (κ2) is 15.1. The van der Waals surface area contributed by atoms with Crippen LogP contribution in [0.25, 0.3) is 77.2 Å². The highest BCUT2D eigenvalue weighted by molar-refractivity contribution is 9.10. The minimum absolute atomic E-state index is 0.0368. The molecule has 2 aromatic heterocycles. The number of rotatable bonds is 4. The van der Waals surface area contributed by atoms with Crippen LogP contribution >= 0.6 is 31.9 Å². The summed E-state index contributed by atoms with van der Waals surface area (Å²) in [7, 11) is 0. The van der Waals surface area contributed by atoms with E-state index in [4.69, 9.17) is 0 Å². The van der Waals surface area contributed by atoms with Crippen LogP contribution in [0.5, 0.6) is 0 Å². The molecule has 10 rings (SSSR count). The van der Waals surface area contributed by atoms with E-state index in [1.165, 1.54) is 16.7 Å². The van der Waals surface area contributed by atoms with E-state index < -0.39 is 0 Å². The largest absolute Gasteiger partial charge is 0.309 e. The van der Waals surface area contributed by atoms with E-state index in [2.05, 4.69) is 114 Å². The first-order valence-electron chi connectivity index (χ1n) is 18.2. The summed E-state index contributed by atoms with van der Waals surface area (Å²) >= 11 is 7.01. The van der Waals surface area contributed by atoms with Gasteiger partial charge >= 0.3 is 0 Å². The maximum atomic E-state index is 13.2. The Labute approximate surface area is 339 Å². The zero-order valence-corrected chi connectivity index (χ0v) is 33.1. The summed E-state index contributed by atoms with van der Waals surface area (Å²) in [5.74, 6) is 0. The highest BCUT2D eigenvalue weighted by Crippen LogP contribution is 2.30. The number of halogens is 2. The summed E-state index contributed by atoms with van der Waals surface area (Å²) < 4.78 is 6.10. The fourth-order valence-corrected chi connectivity index (χ4v) is 8.19. The molecule has 0 saturated heterocycles. The van der Waals surface area contributed by atoms with Gasteiger partial charge in [-0.1, -0.05) is 141 Å². The van der Waals surface area contributed by atoms with Crippen molar-refractivity contribution < 1.29 is 0 Å². The first kappa shape index (κ1) is 35.4. The number of aromatic nitrogens is 2. The van der Waals surface area contributed by atoms with Gasteiger partial charge in [0.05, 0.1) is 22.1 Å². The molecule has 0 unspecified atom stereocenters. The number of para-hydroxylation sites is 2. The van der Waals surface area contributed by atoms with Crippen molar-refractivity contribution in [2.24, 2.45) is 0 Å². The predicted molar refractivity (Wildman–Crippen MR) is 240 cm³/mol. The van der Waals surface area contributed by atoms with Crippen molar-refractivity contribution in [1.82, 2.24) is 9.13 Å². The molecule has 10 aromatic rings. The van der Waals surface area contributed by atoms with Gasteiger partial charge in [-0.3, -0.25) is 9.59 Å². The lowest BCUT2D eigenvalue weighted by Gasteiger charge is -2.16. The SMILES string of the molecule is O=c1c2cc(Br)ccc2n(-c2ccc(-c3ccccc3)cc2)c2ccc(Br)cc12.O=c1c2ccccc2n(-c2ccc(-c3ccccc3)cc2)c2ccccc12. The van der Waals surface area contributed by atoms with Gasteiger partial charge in [0, 0.05) is 41.9 Å². The molecule has 8 aromatic carbocycles. The van der Waals surface area contributed by atoms with Gasteiger partial charge in [0.1, 0.15) is 0 Å². The third-order valence-electron chi connectivity index (χ3n) is 10.1. The fraction of sp³-hybridized carbons (Fsp3) is 0. The molecule has 0 saturated carbocycles. The van der Waals surface area contributed by atoms with Crippen molar-refractivity contribution in [2.75, 3.05) is 0 Å². The molecule has 0 spiro atoms. The Kier molecular flexibility index (Phi) is 9.51. The van der Waals surface area contributed by atoms with E-state index in [1.54, 1.807) is 0 Å². The Hall–Kier alpha value is -6.34. The number of fused-ring (bicyclic) bond motifs is 4. The molecule has 0 amide bonds. The lowest BCUT2D eigenvalue weighted by Crippen LogP contribution is -2.10. The molecule has 0 atom stereocenters. The van der Waals surface area contributed by atoms with Gasteiger partial charge in [-0.15, -0.1) is 0 Å². The molecule has 0 radical (unpaired) electrons. The average Bonchev–Trinajstić information content (AvgIpc) is 3.26. The van der Waals surface area contributed by atoms with Crippen LogP contribution in [-0.4, -0.2) is 9.13 Å². The van der Waals surface area contributed by atoms with Crippen molar-refractivity contribution in [1.29, 1.82) is 0 Å². The molecule has 0 aliphatic heterocycles. The second-order valence-corrected chi connectivity index (χ2v) is 15.3. The minimum Gasteiger partial charge on any atom is -0.309 e. The summed E-state index contributed by atoms with van der Waals surface area (Å²) in [5.41, 5.74) is 10.5. The van der Waals surface area contributed by atoms with E-state index in [0.29, 0.717) is 10.8 Å². The topological polar surface area (TPSA) is 44.0 Å². The van der Waals surface area contributed by atoms with Gasteiger partial charge in [-0.25, -0.2) is 0 Å². The van der Waals surface area contributed by atoms with Crippen molar-refractivity contribution >= 4 is 75.5 Å². The first-order valence-corrected chi connectivity index (χ1v) is 19.8. The molecule has 0 aliphatic carbocycles. The number of benzene rings is 8. The van der Waals surface area contributed by atoms with Gasteiger partial charge in [-0.2, -0.15) is 0 Å². The smallest absolute Gasteiger partial charge is 0.197 e. The normalized spacial score (nSPS) is 11.2. The molecular weight excluding hydrogens is 820 g/mol. The Morgan fingerprint density at radius 2 is 0.625 bits per heavy atom. The van der Waals surface area contributed by atoms with Crippen LogP contribution < -0.4 is 10.9 Å². The van der Waals surface area contributed by atoms with Crippen LogP contribution in [0.2, 0.25) is 0 Å². The third kappa shape index (κ3) is 6.57. The van der Waals surface area contributed by atoms with E-state index in [0.717, 1.165) is 58.7 Å². The van der Waals surface area contributed by atoms with E-state index >= 15 is 0 Å². The number of pyridine rings is 2. The van der Waals surface area contributed by atoms with E-state index in [1.807, 2.05) is 121 Å². The Morgan fingerprint density at radius 3 is 1.04 bits per heavy atom. The summed E-state index contributed by atoms with van der Waals surface area (Å²) in [6.45, 7) is 0. The van der Waals surface area contributed by atoms with Crippen LogP contribution in [-0.2, 0) is 0 Å². The van der Waals surface area contributed by atoms with Crippen LogP contribution in [0.4, 0.5) is 0 Å². The van der Waals surface area contributed by atoms with Crippen molar-refractivity contribution in [3.05, 3.63) is 224 Å². The summed E-state index contributed by atoms with van der Waals surface area (Å²) in [6, 6.07) is 65.0. The van der Waals surface area contributed by atoms with Crippen molar-refractivity contribution in [3.8, 4) is 33.6 Å². The maximum Gasteiger partial charge on any atom is 0.197 e. The lowest BCUT2D eigenvalue weighted by molar-refractivity contribution is 1.16. The average molecular weight is 853 g/mol. The highest BCUT2D eigenvalue weighted by atomic mass is 79.9. The van der Waals surface area contributed by atoms with Crippen LogP contribution in [0.3, 0.4) is 0 Å². The number of hydrogen-bond acceptors (Lipinski definition) is 2. The molecule has 0 aliphatic rings. The van der Waals surface area contributed by atoms with Gasteiger partial charge in [0.25, 0.3) is 0 Å². The maximum absolute atomic E-state index is 13.2. The lowest BCUT2D eigenvalue weighted by atomic mass is 10.0. The van der Waals surface area contributed by atoms with Crippen LogP contribution in [0.1, 0.15) is 0 Å². The van der Waals surface area contributed by atoms with E-state index in [-0.39, 0.29) is 10.9 Å². The molecule has 56 heavy (non-hydrogen) atoms. The highest BCUT2D eigenvalue weighted by Gasteiger charge is 2.14. The molecule has 0 fully saturated rings. The Bertz CT molecular complexity index is 3050. The summed E-state index contributed by atoms with van der Waals surface area (Å²) in [5, 5.41) is 2.86. The first-order chi connectivity index (χ1) is 27.4. The quantitative estimate of drug-likeness (QED) is 0.166. The summed E-state index contributed by atoms with van der Waals surface area (Å²) in [4.78, 5) is 26.1. The molecule has 6 heteroatoms. The predicted octanol–water partition coefficient (Wildman–Crippen LogP) is 13.1. The zero-order valence-electron chi connectivity index (χ0n) is 29.9. The Balaban J connectivity index is 0.000000147. The zero-order chi connectivity index (χ0) is 38.2. The fourth-order valence-electron chi connectivity index (χ4n) is 7.46. The molecule has 268 valence electrons. The number of hydrogen-bond donors (Lipinski definition) is 0. The van der Waals surface area contributed by atoms with Crippen LogP contribution in [0, 0.1) is 0 Å². The monoisotopic (exact) mass is 850 g/mol. The molecule has 4 nitrogen and oxygen atoms in total. The standard InChI is InChI=1S/C25H15Br2NO.C25H17NO/c26-18-8-12-23-21(14-18)25(29)22-15-19(27)9-13-24(22)28(23)20-10-6-17(7-11-20)16-4-2-1-3-5-16;27-25-21-10-4-6-12-23(21)26(24-13-7-5-11-22(24)25)20-16-14-19(15-17-20)18-8-2-1-3-9-18/h1-15H;1-17H. The van der Waals surface area contributed by atoms with Crippen molar-refractivity contribution in [3.63, 3.8) is 0 Å². The van der Waals surface area contributed by atoms with Gasteiger partial charge < -0.3 is 9.13 Å². The molecule has 0 N–H and O–H groups in total. The summed E-state index contributed by atoms with van der Waals surface area (Å²) in [6.07, 6.45) is 0.